The van der Waals surface area contributed by atoms with E-state index in [1.165, 1.54) is 125 Å². The van der Waals surface area contributed by atoms with Crippen molar-refractivity contribution in [2.75, 3.05) is 19.6 Å². The highest BCUT2D eigenvalue weighted by atomic mass is 15.3. The molecule has 5 heteroatoms. The van der Waals surface area contributed by atoms with Gasteiger partial charge in [-0.15, -0.1) is 0 Å². The lowest BCUT2D eigenvalue weighted by molar-refractivity contribution is 0.195. The van der Waals surface area contributed by atoms with Gasteiger partial charge in [0.1, 0.15) is 0 Å². The molecular weight excluding hydrogens is 1040 g/mol. The summed E-state index contributed by atoms with van der Waals surface area (Å²) in [5.41, 5.74) is 26.1. The molecule has 4 atom stereocenters. The summed E-state index contributed by atoms with van der Waals surface area (Å²) in [6.45, 7) is 47.6. The van der Waals surface area contributed by atoms with E-state index in [0.29, 0.717) is 5.92 Å². The number of benzene rings is 7. The second-order valence-electron chi connectivity index (χ2n) is 33.6. The first kappa shape index (κ1) is 58.3. The fraction of sp³-hybridized carbons (Fsp3) is 0.432. The average Bonchev–Trinajstić information content (AvgIpc) is 1.33. The summed E-state index contributed by atoms with van der Waals surface area (Å²) in [5.74, 6) is 0.427. The molecule has 0 spiro atoms. The van der Waals surface area contributed by atoms with Gasteiger partial charge in [0.15, 0.2) is 0 Å². The maximum absolute atomic E-state index is 2.83. The average molecular weight is 1140 g/mol. The molecule has 86 heavy (non-hydrogen) atoms. The summed E-state index contributed by atoms with van der Waals surface area (Å²) < 4.78 is 0. The number of hydrogen-bond donors (Lipinski definition) is 0. The van der Waals surface area contributed by atoms with Crippen LogP contribution in [0.3, 0.4) is 0 Å². The van der Waals surface area contributed by atoms with E-state index < -0.39 is 0 Å². The molecule has 4 nitrogen and oxygen atoms in total. The fourth-order valence-electron chi connectivity index (χ4n) is 15.8. The van der Waals surface area contributed by atoms with Crippen LogP contribution in [-0.2, 0) is 32.5 Å². The Morgan fingerprint density at radius 2 is 0.942 bits per heavy atom. The van der Waals surface area contributed by atoms with Gasteiger partial charge in [-0.2, -0.15) is 0 Å². The summed E-state index contributed by atoms with van der Waals surface area (Å²) >= 11 is 0. The second-order valence-corrected chi connectivity index (χ2v) is 33.6. The van der Waals surface area contributed by atoms with Crippen LogP contribution in [0, 0.1) is 11.3 Å². The van der Waals surface area contributed by atoms with E-state index in [2.05, 4.69) is 316 Å². The Hall–Kier alpha value is -6.72. The monoisotopic (exact) mass is 1140 g/mol. The van der Waals surface area contributed by atoms with E-state index in [1.54, 1.807) is 0 Å². The zero-order chi connectivity index (χ0) is 61.4. The molecule has 0 bridgehead atoms. The molecule has 3 heterocycles. The van der Waals surface area contributed by atoms with Gasteiger partial charge in [-0.25, -0.2) is 0 Å². The number of allylic oxidation sites excluding steroid dienone is 2. The molecule has 2 fully saturated rings. The SMILES string of the molecule is CC(C)(C)C1=CC2CC2(N2c3ccc(C(C)(C)C)cc3B3c4ccc(N5c6ccc(N(c7ccc(C(C)(C)C)cc7)c7ccc(C(C)(C)C)cc7)cc6C6(C)CCCCC56C)cc4N(c4ccc(C(C)(C)C)cc4)c4cc(C(C)(C)C)cc2c43)C=C1. The largest absolute Gasteiger partial charge is 0.334 e. The molecular formula is C81H97BN4. The molecule has 6 aliphatic rings. The molecule has 7 aromatic carbocycles. The van der Waals surface area contributed by atoms with Crippen molar-refractivity contribution >= 4 is 80.0 Å². The summed E-state index contributed by atoms with van der Waals surface area (Å²) in [6.07, 6.45) is 13.5. The van der Waals surface area contributed by atoms with Gasteiger partial charge in [0.2, 0.25) is 0 Å². The Bertz CT molecular complexity index is 3850. The zero-order valence-corrected chi connectivity index (χ0v) is 56.0. The van der Waals surface area contributed by atoms with Gasteiger partial charge in [0.05, 0.1) is 11.1 Å². The van der Waals surface area contributed by atoms with E-state index >= 15 is 0 Å². The van der Waals surface area contributed by atoms with Crippen LogP contribution in [0.15, 0.2) is 163 Å². The van der Waals surface area contributed by atoms with E-state index in [4.69, 9.17) is 0 Å². The lowest BCUT2D eigenvalue weighted by atomic mass is 9.33. The third-order valence-electron chi connectivity index (χ3n) is 21.6. The summed E-state index contributed by atoms with van der Waals surface area (Å²) in [7, 11) is 0. The highest BCUT2D eigenvalue weighted by Gasteiger charge is 2.61. The third-order valence-corrected chi connectivity index (χ3v) is 21.6. The molecule has 0 amide bonds. The first-order chi connectivity index (χ1) is 40.1. The Morgan fingerprint density at radius 3 is 1.50 bits per heavy atom. The molecule has 2 saturated carbocycles. The van der Waals surface area contributed by atoms with E-state index in [1.807, 2.05) is 0 Å². The van der Waals surface area contributed by atoms with Crippen molar-refractivity contribution in [3.8, 4) is 0 Å². The van der Waals surface area contributed by atoms with Gasteiger partial charge in [-0.1, -0.05) is 217 Å². The van der Waals surface area contributed by atoms with E-state index in [0.717, 1.165) is 19.3 Å². The molecule has 0 N–H and O–H groups in total. The summed E-state index contributed by atoms with van der Waals surface area (Å²) in [6, 6.07) is 56.3. The van der Waals surface area contributed by atoms with Crippen LogP contribution in [0.2, 0.25) is 0 Å². The normalized spacial score (nSPS) is 22.4. The molecule has 444 valence electrons. The van der Waals surface area contributed by atoms with Crippen molar-refractivity contribution in [2.24, 2.45) is 11.3 Å². The predicted octanol–water partition coefficient (Wildman–Crippen LogP) is 20.4. The van der Waals surface area contributed by atoms with E-state index in [9.17, 15) is 0 Å². The van der Waals surface area contributed by atoms with Crippen LogP contribution in [0.5, 0.6) is 0 Å². The number of fused-ring (bicyclic) bond motifs is 8. The quantitative estimate of drug-likeness (QED) is 0.154. The minimum absolute atomic E-state index is 0.0156. The second kappa shape index (κ2) is 19.1. The Kier molecular flexibility index (Phi) is 13.0. The van der Waals surface area contributed by atoms with Crippen molar-refractivity contribution in [1.82, 2.24) is 0 Å². The van der Waals surface area contributed by atoms with Crippen LogP contribution in [0.1, 0.15) is 204 Å². The number of anilines is 10. The van der Waals surface area contributed by atoms with Crippen LogP contribution < -0.4 is 36.0 Å². The molecule has 3 aliphatic heterocycles. The molecule has 0 saturated heterocycles. The molecule has 3 aliphatic carbocycles. The lowest BCUT2D eigenvalue weighted by Crippen LogP contribution is -2.63. The van der Waals surface area contributed by atoms with Crippen molar-refractivity contribution < 1.29 is 0 Å². The maximum Gasteiger partial charge on any atom is 0.252 e. The van der Waals surface area contributed by atoms with Crippen molar-refractivity contribution in [1.29, 1.82) is 0 Å². The fourth-order valence-corrected chi connectivity index (χ4v) is 15.8. The smallest absolute Gasteiger partial charge is 0.252 e. The van der Waals surface area contributed by atoms with Crippen LogP contribution in [0.4, 0.5) is 56.9 Å². The number of hydrogen-bond acceptors (Lipinski definition) is 4. The number of rotatable bonds is 6. The first-order valence-corrected chi connectivity index (χ1v) is 32.7. The van der Waals surface area contributed by atoms with Crippen molar-refractivity contribution in [3.05, 3.63) is 197 Å². The minimum Gasteiger partial charge on any atom is -0.334 e. The van der Waals surface area contributed by atoms with Crippen LogP contribution in [0.25, 0.3) is 0 Å². The van der Waals surface area contributed by atoms with Gasteiger partial charge < -0.3 is 19.6 Å². The highest BCUT2D eigenvalue weighted by Crippen LogP contribution is 2.63. The van der Waals surface area contributed by atoms with Gasteiger partial charge in [0.25, 0.3) is 6.71 Å². The topological polar surface area (TPSA) is 13.0 Å². The molecule has 0 radical (unpaired) electrons. The Morgan fingerprint density at radius 1 is 0.430 bits per heavy atom. The Balaban J connectivity index is 1.03. The molecule has 7 aromatic rings. The van der Waals surface area contributed by atoms with Crippen molar-refractivity contribution in [2.45, 2.75) is 214 Å². The highest BCUT2D eigenvalue weighted by molar-refractivity contribution is 7.00. The predicted molar refractivity (Wildman–Crippen MR) is 373 cm³/mol. The first-order valence-electron chi connectivity index (χ1n) is 32.7. The molecule has 0 aromatic heterocycles. The standard InChI is InChI=1S/C81H97BN4/c1-73(2,3)52-23-30-59(31-24-52)83(60-32-25-53(26-33-60)74(4,5)6)62-37-40-67-64(49-62)79(19)42-21-22-43-80(79,20)85(67)63-36-38-65-69(50-63)84(61-34-27-54(28-35-61)75(7,8)9)70-47-57(78(16,17)18)48-71-72(70)82(65)66-46-55(76(10,11)12)29-39-68(66)86(71)81-44-41-56(77(13,14)15)45-58(81)51-81/h23-41,44-50,58H,21-22,42-43,51H2,1-20H3. The molecule has 13 rings (SSSR count). The minimum atomic E-state index is -0.180. The van der Waals surface area contributed by atoms with Gasteiger partial charge >= 0.3 is 0 Å². The lowest BCUT2D eigenvalue weighted by Gasteiger charge is -2.51. The van der Waals surface area contributed by atoms with Crippen LogP contribution >= 0.6 is 0 Å². The number of nitrogens with zero attached hydrogens (tertiary/aromatic N) is 4. The zero-order valence-electron chi connectivity index (χ0n) is 56.0. The molecule has 4 unspecified atom stereocenters. The van der Waals surface area contributed by atoms with Gasteiger partial charge in [-0.05, 0) is 199 Å². The maximum atomic E-state index is 2.83. The third kappa shape index (κ3) is 9.18. The Labute approximate surface area is 518 Å². The van der Waals surface area contributed by atoms with Crippen molar-refractivity contribution in [3.63, 3.8) is 0 Å². The van der Waals surface area contributed by atoms with Gasteiger partial charge in [0, 0.05) is 68.2 Å². The van der Waals surface area contributed by atoms with E-state index in [-0.39, 0.29) is 55.7 Å². The summed E-state index contributed by atoms with van der Waals surface area (Å²) in [4.78, 5) is 10.8. The van der Waals surface area contributed by atoms with Gasteiger partial charge in [-0.3, -0.25) is 0 Å². The van der Waals surface area contributed by atoms with Crippen LogP contribution in [-0.4, -0.2) is 17.8 Å². The summed E-state index contributed by atoms with van der Waals surface area (Å²) in [5, 5.41) is 0.